The van der Waals surface area contributed by atoms with Crippen LogP contribution < -0.4 is 10.3 Å². The summed E-state index contributed by atoms with van der Waals surface area (Å²) < 4.78 is 35.8. The molecule has 4 rings (SSSR count). The SMILES string of the molecule is CCCc1nn(C)c2c(=O)[nH]c(-c3cc(S(=O)(=O)N4CCCN(C)CC4)ccc3OCC)nc12. The Kier molecular flexibility index (Phi) is 7.06. The van der Waals surface area contributed by atoms with Crippen molar-refractivity contribution in [3.63, 3.8) is 0 Å². The average Bonchev–Trinajstić information content (AvgIpc) is 2.96. The zero-order chi connectivity index (χ0) is 24.5. The van der Waals surface area contributed by atoms with Crippen LogP contribution in [0.25, 0.3) is 22.4 Å². The molecule has 0 aliphatic carbocycles. The number of aromatic nitrogens is 4. The lowest BCUT2D eigenvalue weighted by Gasteiger charge is -2.21. The van der Waals surface area contributed by atoms with Crippen molar-refractivity contribution in [2.24, 2.45) is 7.05 Å². The molecular formula is C23H32N6O4S. The lowest BCUT2D eigenvalue weighted by molar-refractivity contribution is 0.341. The van der Waals surface area contributed by atoms with Gasteiger partial charge in [0.2, 0.25) is 10.0 Å². The molecule has 184 valence electrons. The summed E-state index contributed by atoms with van der Waals surface area (Å²) in [5.74, 6) is 0.722. The van der Waals surface area contributed by atoms with Crippen molar-refractivity contribution in [1.29, 1.82) is 0 Å². The van der Waals surface area contributed by atoms with E-state index in [1.807, 2.05) is 20.9 Å². The van der Waals surface area contributed by atoms with E-state index in [1.54, 1.807) is 25.2 Å². The third-order valence-corrected chi connectivity index (χ3v) is 7.97. The van der Waals surface area contributed by atoms with E-state index in [9.17, 15) is 13.2 Å². The molecule has 1 N–H and O–H groups in total. The fourth-order valence-electron chi connectivity index (χ4n) is 4.33. The Balaban J connectivity index is 1.84. The zero-order valence-electron chi connectivity index (χ0n) is 20.2. The highest BCUT2D eigenvalue weighted by atomic mass is 32.2. The van der Waals surface area contributed by atoms with Crippen molar-refractivity contribution in [3.05, 3.63) is 34.2 Å². The summed E-state index contributed by atoms with van der Waals surface area (Å²) >= 11 is 0. The third kappa shape index (κ3) is 4.59. The van der Waals surface area contributed by atoms with Crippen LogP contribution in [0.3, 0.4) is 0 Å². The van der Waals surface area contributed by atoms with Gasteiger partial charge in [-0.1, -0.05) is 13.3 Å². The number of aryl methyl sites for hydroxylation is 2. The average molecular weight is 489 g/mol. The van der Waals surface area contributed by atoms with E-state index in [1.165, 1.54) is 8.99 Å². The summed E-state index contributed by atoms with van der Waals surface area (Å²) in [5, 5.41) is 4.46. The largest absolute Gasteiger partial charge is 0.493 e. The molecule has 0 amide bonds. The van der Waals surface area contributed by atoms with Gasteiger partial charge < -0.3 is 14.6 Å². The van der Waals surface area contributed by atoms with Crippen LogP contribution in [-0.4, -0.2) is 77.2 Å². The molecular weight excluding hydrogens is 456 g/mol. The van der Waals surface area contributed by atoms with Gasteiger partial charge in [-0.3, -0.25) is 9.48 Å². The van der Waals surface area contributed by atoms with Crippen LogP contribution in [-0.2, 0) is 23.5 Å². The van der Waals surface area contributed by atoms with Gasteiger partial charge in [0.1, 0.15) is 17.1 Å². The molecule has 1 fully saturated rings. The second kappa shape index (κ2) is 9.85. The van der Waals surface area contributed by atoms with Crippen LogP contribution >= 0.6 is 0 Å². The van der Waals surface area contributed by atoms with Gasteiger partial charge >= 0.3 is 0 Å². The maximum absolute atomic E-state index is 13.5. The molecule has 0 spiro atoms. The van der Waals surface area contributed by atoms with E-state index in [4.69, 9.17) is 9.72 Å². The van der Waals surface area contributed by atoms with E-state index in [-0.39, 0.29) is 16.3 Å². The second-order valence-corrected chi connectivity index (χ2v) is 10.5. The number of likely N-dealkylation sites (N-methyl/N-ethyl adjacent to an activating group) is 1. The minimum atomic E-state index is -3.72. The zero-order valence-corrected chi connectivity index (χ0v) is 21.0. The summed E-state index contributed by atoms with van der Waals surface area (Å²) in [6.07, 6.45) is 2.31. The number of hydrogen-bond acceptors (Lipinski definition) is 7. The van der Waals surface area contributed by atoms with Crippen molar-refractivity contribution in [1.82, 2.24) is 29.0 Å². The number of nitrogens with one attached hydrogen (secondary N) is 1. The van der Waals surface area contributed by atoms with Crippen LogP contribution in [0.2, 0.25) is 0 Å². The van der Waals surface area contributed by atoms with Gasteiger partial charge in [-0.2, -0.15) is 9.40 Å². The first-order valence-electron chi connectivity index (χ1n) is 11.7. The van der Waals surface area contributed by atoms with Gasteiger partial charge in [0.25, 0.3) is 5.56 Å². The molecule has 3 aromatic rings. The number of ether oxygens (including phenoxy) is 1. The van der Waals surface area contributed by atoms with Crippen molar-refractivity contribution in [2.75, 3.05) is 39.8 Å². The van der Waals surface area contributed by atoms with Gasteiger partial charge in [0.05, 0.1) is 22.8 Å². The highest BCUT2D eigenvalue weighted by Crippen LogP contribution is 2.32. The Morgan fingerprint density at radius 2 is 1.91 bits per heavy atom. The maximum Gasteiger partial charge on any atom is 0.277 e. The predicted octanol–water partition coefficient (Wildman–Crippen LogP) is 2.00. The minimum absolute atomic E-state index is 0.151. The monoisotopic (exact) mass is 488 g/mol. The highest BCUT2D eigenvalue weighted by molar-refractivity contribution is 7.89. The van der Waals surface area contributed by atoms with Crippen LogP contribution in [0.15, 0.2) is 27.9 Å². The molecule has 0 saturated carbocycles. The molecule has 1 aliphatic heterocycles. The Morgan fingerprint density at radius 3 is 2.65 bits per heavy atom. The van der Waals surface area contributed by atoms with Crippen LogP contribution in [0.4, 0.5) is 0 Å². The number of benzene rings is 1. The molecule has 3 heterocycles. The minimum Gasteiger partial charge on any atom is -0.493 e. The van der Waals surface area contributed by atoms with Gasteiger partial charge in [-0.15, -0.1) is 0 Å². The molecule has 1 aliphatic rings. The number of nitrogens with zero attached hydrogens (tertiary/aromatic N) is 5. The van der Waals surface area contributed by atoms with E-state index in [2.05, 4.69) is 15.0 Å². The third-order valence-electron chi connectivity index (χ3n) is 6.07. The lowest BCUT2D eigenvalue weighted by atomic mass is 10.1. The maximum atomic E-state index is 13.5. The van der Waals surface area contributed by atoms with Gasteiger partial charge in [0, 0.05) is 26.7 Å². The molecule has 11 heteroatoms. The van der Waals surface area contributed by atoms with E-state index in [0.717, 1.165) is 25.1 Å². The Morgan fingerprint density at radius 1 is 1.12 bits per heavy atom. The van der Waals surface area contributed by atoms with Crippen LogP contribution in [0.5, 0.6) is 5.75 Å². The van der Waals surface area contributed by atoms with Gasteiger partial charge in [0.15, 0.2) is 5.52 Å². The van der Waals surface area contributed by atoms with Gasteiger partial charge in [-0.25, -0.2) is 13.4 Å². The normalized spacial score (nSPS) is 16.1. The van der Waals surface area contributed by atoms with E-state index < -0.39 is 10.0 Å². The molecule has 0 bridgehead atoms. The molecule has 10 nitrogen and oxygen atoms in total. The predicted molar refractivity (Wildman–Crippen MR) is 131 cm³/mol. The summed E-state index contributed by atoms with van der Waals surface area (Å²) in [4.78, 5) is 22.8. The number of H-pyrrole nitrogens is 1. The summed E-state index contributed by atoms with van der Waals surface area (Å²) in [7, 11) is -0.00910. The Hall–Kier alpha value is -2.76. The fraction of sp³-hybridized carbons (Fsp3) is 0.522. The fourth-order valence-corrected chi connectivity index (χ4v) is 5.82. The standard InChI is InChI=1S/C23H32N6O4S/c1-5-8-18-20-21(28(4)26-18)23(30)25-22(24-20)17-15-16(9-10-19(17)33-6-2)34(31,32)29-12-7-11-27(3)13-14-29/h9-10,15H,5-8,11-14H2,1-4H3,(H,24,25,30). The van der Waals surface area contributed by atoms with Crippen molar-refractivity contribution < 1.29 is 13.2 Å². The van der Waals surface area contributed by atoms with Crippen LogP contribution in [0, 0.1) is 0 Å². The molecule has 0 unspecified atom stereocenters. The molecule has 1 saturated heterocycles. The van der Waals surface area contributed by atoms with E-state index in [0.29, 0.717) is 55.0 Å². The summed E-state index contributed by atoms with van der Waals surface area (Å²) in [6.45, 7) is 6.70. The Bertz CT molecular complexity index is 1350. The van der Waals surface area contributed by atoms with Crippen LogP contribution in [0.1, 0.15) is 32.4 Å². The molecule has 2 aromatic heterocycles. The molecule has 1 aromatic carbocycles. The first-order chi connectivity index (χ1) is 16.3. The first-order valence-corrected chi connectivity index (χ1v) is 13.1. The van der Waals surface area contributed by atoms with Gasteiger partial charge in [-0.05, 0) is 51.6 Å². The Labute approximate surface area is 199 Å². The topological polar surface area (TPSA) is 113 Å². The number of hydrogen-bond donors (Lipinski definition) is 1. The molecule has 0 atom stereocenters. The molecule has 0 radical (unpaired) electrons. The van der Waals surface area contributed by atoms with Crippen molar-refractivity contribution in [3.8, 4) is 17.1 Å². The number of rotatable bonds is 7. The van der Waals surface area contributed by atoms with E-state index >= 15 is 0 Å². The first kappa shape index (κ1) is 24.4. The lowest BCUT2D eigenvalue weighted by Crippen LogP contribution is -2.34. The number of sulfonamides is 1. The van der Waals surface area contributed by atoms with Crippen molar-refractivity contribution >= 4 is 21.1 Å². The number of aromatic amines is 1. The highest BCUT2D eigenvalue weighted by Gasteiger charge is 2.28. The second-order valence-electron chi connectivity index (χ2n) is 8.58. The quantitative estimate of drug-likeness (QED) is 0.541. The molecule has 34 heavy (non-hydrogen) atoms. The number of fused-ring (bicyclic) bond motifs is 1. The smallest absolute Gasteiger partial charge is 0.277 e. The van der Waals surface area contributed by atoms with Crippen molar-refractivity contribution in [2.45, 2.75) is 38.0 Å². The summed E-state index contributed by atoms with van der Waals surface area (Å²) in [6, 6.07) is 4.74. The summed E-state index contributed by atoms with van der Waals surface area (Å²) in [5.41, 5.74) is 1.75.